The Hall–Kier alpha value is -4.03. The van der Waals surface area contributed by atoms with Crippen LogP contribution in [0.3, 0.4) is 0 Å². The number of nitro groups is 1. The van der Waals surface area contributed by atoms with Gasteiger partial charge in [0.15, 0.2) is 11.5 Å². The Morgan fingerprint density at radius 1 is 1.00 bits per heavy atom. The van der Waals surface area contributed by atoms with Gasteiger partial charge in [-0.3, -0.25) is 10.1 Å². The summed E-state index contributed by atoms with van der Waals surface area (Å²) in [5.41, 5.74) is 0.0857. The first-order valence-electron chi connectivity index (χ1n) is 9.78. The molecule has 0 unspecified atom stereocenters. The molecule has 12 heteroatoms. The van der Waals surface area contributed by atoms with E-state index in [2.05, 4.69) is 4.72 Å². The number of para-hydroxylation sites is 2. The number of nitro benzene ring substituents is 1. The van der Waals surface area contributed by atoms with Crippen molar-refractivity contribution in [2.24, 2.45) is 0 Å². The van der Waals surface area contributed by atoms with Crippen LogP contribution in [0.2, 0.25) is 0 Å². The maximum atomic E-state index is 13.9. The van der Waals surface area contributed by atoms with E-state index < -0.39 is 43.9 Å². The molecule has 0 heterocycles. The number of carbonyl (C=O) groups is 1. The van der Waals surface area contributed by atoms with Crippen molar-refractivity contribution in [2.75, 3.05) is 19.8 Å². The highest BCUT2D eigenvalue weighted by molar-refractivity contribution is 7.89. The topological polar surface area (TPSA) is 145 Å². The lowest BCUT2D eigenvalue weighted by molar-refractivity contribution is -0.387. The highest BCUT2D eigenvalue weighted by atomic mass is 32.2. The minimum Gasteiger partial charge on any atom is -0.492 e. The van der Waals surface area contributed by atoms with Crippen molar-refractivity contribution >= 4 is 21.7 Å². The van der Waals surface area contributed by atoms with Crippen molar-refractivity contribution in [3.63, 3.8) is 0 Å². The van der Waals surface area contributed by atoms with Gasteiger partial charge in [-0.15, -0.1) is 0 Å². The van der Waals surface area contributed by atoms with Gasteiger partial charge in [-0.05, 0) is 30.3 Å². The molecule has 3 aromatic rings. The van der Waals surface area contributed by atoms with E-state index in [1.54, 1.807) is 24.3 Å². The maximum Gasteiger partial charge on any atom is 0.341 e. The predicted octanol–water partition coefficient (Wildman–Crippen LogP) is 3.22. The van der Waals surface area contributed by atoms with Gasteiger partial charge in [0, 0.05) is 23.7 Å². The summed E-state index contributed by atoms with van der Waals surface area (Å²) in [4.78, 5) is 20.7. The zero-order valence-electron chi connectivity index (χ0n) is 17.5. The minimum atomic E-state index is -4.18. The summed E-state index contributed by atoms with van der Waals surface area (Å²) in [6, 6.07) is 15.0. The zero-order valence-corrected chi connectivity index (χ0v) is 18.3. The first kappa shape index (κ1) is 24.6. The maximum absolute atomic E-state index is 13.9. The molecule has 0 aromatic heterocycles. The van der Waals surface area contributed by atoms with Crippen molar-refractivity contribution in [1.82, 2.24) is 4.72 Å². The minimum absolute atomic E-state index is 0.122. The van der Waals surface area contributed by atoms with Gasteiger partial charge in [-0.25, -0.2) is 22.3 Å². The predicted molar refractivity (Wildman–Crippen MR) is 119 cm³/mol. The molecule has 10 nitrogen and oxygen atoms in total. The Balaban J connectivity index is 1.75. The number of carboxylic acids is 1. The third-order valence-electron chi connectivity index (χ3n) is 4.47. The largest absolute Gasteiger partial charge is 0.492 e. The number of aliphatic carboxylic acids is 1. The molecule has 0 fully saturated rings. The highest BCUT2D eigenvalue weighted by Gasteiger charge is 2.24. The van der Waals surface area contributed by atoms with Crippen LogP contribution in [0.25, 0.3) is 11.1 Å². The van der Waals surface area contributed by atoms with Gasteiger partial charge in [0.05, 0.1) is 4.92 Å². The number of hydrogen-bond donors (Lipinski definition) is 2. The molecule has 0 saturated heterocycles. The molecule has 3 rings (SSSR count). The first-order chi connectivity index (χ1) is 16.2. The van der Waals surface area contributed by atoms with Crippen LogP contribution in [0.5, 0.6) is 11.5 Å². The molecule has 0 bridgehead atoms. The molecule has 0 aliphatic rings. The van der Waals surface area contributed by atoms with Crippen molar-refractivity contribution in [3.8, 4) is 22.6 Å². The lowest BCUT2D eigenvalue weighted by atomic mass is 10.0. The Labute approximate surface area is 193 Å². The van der Waals surface area contributed by atoms with Crippen LogP contribution in [0.1, 0.15) is 0 Å². The summed E-state index contributed by atoms with van der Waals surface area (Å²) in [5.74, 6) is -1.40. The zero-order chi connectivity index (χ0) is 24.7. The molecule has 34 heavy (non-hydrogen) atoms. The van der Waals surface area contributed by atoms with Gasteiger partial charge in [0.25, 0.3) is 5.69 Å². The average molecular weight is 490 g/mol. The Kier molecular flexibility index (Phi) is 7.76. The monoisotopic (exact) mass is 490 g/mol. The second kappa shape index (κ2) is 10.7. The normalized spacial score (nSPS) is 11.1. The number of sulfonamides is 1. The van der Waals surface area contributed by atoms with Crippen LogP contribution in [-0.2, 0) is 14.8 Å². The second-order valence-electron chi connectivity index (χ2n) is 6.79. The molecule has 3 aromatic carbocycles. The first-order valence-corrected chi connectivity index (χ1v) is 11.3. The van der Waals surface area contributed by atoms with Crippen molar-refractivity contribution in [2.45, 2.75) is 4.90 Å². The molecule has 0 saturated carbocycles. The number of benzene rings is 3. The van der Waals surface area contributed by atoms with Gasteiger partial charge in [0.2, 0.25) is 10.0 Å². The fraction of sp³-hybridized carbons (Fsp3) is 0.136. The number of nitrogens with zero attached hydrogens (tertiary/aromatic N) is 1. The molecule has 0 aliphatic heterocycles. The van der Waals surface area contributed by atoms with Gasteiger partial charge < -0.3 is 14.6 Å². The van der Waals surface area contributed by atoms with Crippen LogP contribution < -0.4 is 14.2 Å². The van der Waals surface area contributed by atoms with Crippen LogP contribution in [-0.4, -0.2) is 44.2 Å². The standard InChI is InChI=1S/C22H19FN2O8S/c23-15-9-10-20(33-14-22(26)27)17(13-15)16-5-1-3-7-19(16)32-12-11-24-34(30,31)21-8-4-2-6-18(21)25(28)29/h1-10,13,24H,11-12,14H2,(H,26,27). The van der Waals surface area contributed by atoms with Crippen LogP contribution in [0, 0.1) is 15.9 Å². The van der Waals surface area contributed by atoms with E-state index in [9.17, 15) is 27.7 Å². The van der Waals surface area contributed by atoms with E-state index in [0.717, 1.165) is 24.3 Å². The van der Waals surface area contributed by atoms with Crippen LogP contribution in [0.15, 0.2) is 71.6 Å². The SMILES string of the molecule is O=C(O)COc1ccc(F)cc1-c1ccccc1OCCNS(=O)(=O)c1ccccc1[N+](=O)[O-]. The fourth-order valence-electron chi connectivity index (χ4n) is 3.04. The van der Waals surface area contributed by atoms with E-state index in [4.69, 9.17) is 14.6 Å². The number of rotatable bonds is 11. The summed E-state index contributed by atoms with van der Waals surface area (Å²) in [6.07, 6.45) is 0. The summed E-state index contributed by atoms with van der Waals surface area (Å²) in [5, 5.41) is 20.0. The van der Waals surface area contributed by atoms with Gasteiger partial charge in [-0.1, -0.05) is 30.3 Å². The van der Waals surface area contributed by atoms with E-state index in [1.807, 2.05) is 0 Å². The van der Waals surface area contributed by atoms with Gasteiger partial charge in [-0.2, -0.15) is 0 Å². The van der Waals surface area contributed by atoms with E-state index in [0.29, 0.717) is 5.56 Å². The van der Waals surface area contributed by atoms with Crippen molar-refractivity contribution < 1.29 is 37.1 Å². The average Bonchev–Trinajstić information content (AvgIpc) is 2.81. The van der Waals surface area contributed by atoms with Crippen molar-refractivity contribution in [1.29, 1.82) is 0 Å². The number of hydrogen-bond acceptors (Lipinski definition) is 7. The fourth-order valence-corrected chi connectivity index (χ4v) is 4.23. The highest BCUT2D eigenvalue weighted by Crippen LogP contribution is 2.37. The summed E-state index contributed by atoms with van der Waals surface area (Å²) >= 11 is 0. The molecule has 178 valence electrons. The van der Waals surface area contributed by atoms with Crippen molar-refractivity contribution in [3.05, 3.63) is 82.7 Å². The number of nitrogens with one attached hydrogen (secondary N) is 1. The number of ether oxygens (including phenoxy) is 2. The Morgan fingerprint density at radius 2 is 1.68 bits per heavy atom. The summed E-state index contributed by atoms with van der Waals surface area (Å²) in [7, 11) is -4.18. The molecular weight excluding hydrogens is 471 g/mol. The van der Waals surface area contributed by atoms with E-state index >= 15 is 0 Å². The quantitative estimate of drug-likeness (QED) is 0.237. The van der Waals surface area contributed by atoms with E-state index in [-0.39, 0.29) is 30.2 Å². The van der Waals surface area contributed by atoms with Crippen LogP contribution in [0.4, 0.5) is 10.1 Å². The van der Waals surface area contributed by atoms with E-state index in [1.165, 1.54) is 18.2 Å². The van der Waals surface area contributed by atoms with Crippen LogP contribution >= 0.6 is 0 Å². The molecular formula is C22H19FN2O8S. The van der Waals surface area contributed by atoms with Gasteiger partial charge >= 0.3 is 5.97 Å². The molecule has 0 aliphatic carbocycles. The second-order valence-corrected chi connectivity index (χ2v) is 8.53. The molecule has 0 radical (unpaired) electrons. The molecule has 0 spiro atoms. The Morgan fingerprint density at radius 3 is 2.41 bits per heavy atom. The molecule has 0 amide bonds. The number of carboxylic acid groups (broad SMARTS) is 1. The molecule has 0 atom stereocenters. The third-order valence-corrected chi connectivity index (χ3v) is 5.98. The lowest BCUT2D eigenvalue weighted by Gasteiger charge is -2.15. The summed E-state index contributed by atoms with van der Waals surface area (Å²) in [6.45, 7) is -0.999. The Bertz CT molecular complexity index is 1310. The lowest BCUT2D eigenvalue weighted by Crippen LogP contribution is -2.28. The van der Waals surface area contributed by atoms with Gasteiger partial charge in [0.1, 0.15) is 23.9 Å². The molecule has 2 N–H and O–H groups in total. The smallest absolute Gasteiger partial charge is 0.341 e. The number of halogens is 1. The third kappa shape index (κ3) is 6.05. The summed E-state index contributed by atoms with van der Waals surface area (Å²) < 4.78 is 52.0.